The first-order valence-corrected chi connectivity index (χ1v) is 9.82. The number of nitrogens with two attached hydrogens (primary N) is 1. The van der Waals surface area contributed by atoms with Crippen molar-refractivity contribution in [3.05, 3.63) is 0 Å². The first-order chi connectivity index (χ1) is 10.5. The van der Waals surface area contributed by atoms with E-state index in [0.29, 0.717) is 32.5 Å². The van der Waals surface area contributed by atoms with Gasteiger partial charge < -0.3 is 14.4 Å². The third-order valence-electron chi connectivity index (χ3n) is 4.25. The van der Waals surface area contributed by atoms with E-state index in [1.807, 2.05) is 20.8 Å². The predicted molar refractivity (Wildman–Crippen MR) is 86.4 cm³/mol. The number of hydrogen-bond acceptors (Lipinski definition) is 5. The monoisotopic (exact) mass is 348 g/mol. The van der Waals surface area contributed by atoms with Crippen molar-refractivity contribution in [2.75, 3.05) is 25.4 Å². The van der Waals surface area contributed by atoms with E-state index >= 15 is 0 Å². The summed E-state index contributed by atoms with van der Waals surface area (Å²) in [6.07, 6.45) is 2.61. The summed E-state index contributed by atoms with van der Waals surface area (Å²) in [6, 6.07) is 0. The molecule has 2 unspecified atom stereocenters. The second-order valence-corrected chi connectivity index (χ2v) is 9.38. The standard InChI is InChI=1S/C15H28N2O5S/c1-14(2,3)22-13(18)17-7-4-6-15(11-17)9-12(5-8-21-15)10-23(16,19)20/h12H,4-11H2,1-3H3,(H2,16,19,20). The summed E-state index contributed by atoms with van der Waals surface area (Å²) >= 11 is 0. The zero-order valence-corrected chi connectivity index (χ0v) is 15.0. The fraction of sp³-hybridized carbons (Fsp3) is 0.933. The van der Waals surface area contributed by atoms with Crippen LogP contribution in [0.1, 0.15) is 46.5 Å². The molecule has 0 aromatic rings. The molecular formula is C15H28N2O5S. The highest BCUT2D eigenvalue weighted by Crippen LogP contribution is 2.37. The normalized spacial score (nSPS) is 29.6. The summed E-state index contributed by atoms with van der Waals surface area (Å²) in [5.74, 6) is -0.0396. The maximum absolute atomic E-state index is 12.3. The molecule has 0 bridgehead atoms. The zero-order chi connectivity index (χ0) is 17.3. The average Bonchev–Trinajstić information content (AvgIpc) is 2.34. The van der Waals surface area contributed by atoms with Crippen LogP contribution in [0.25, 0.3) is 0 Å². The molecule has 2 atom stereocenters. The largest absolute Gasteiger partial charge is 0.444 e. The molecule has 2 aliphatic rings. The quantitative estimate of drug-likeness (QED) is 0.815. The van der Waals surface area contributed by atoms with Crippen LogP contribution in [0.5, 0.6) is 0 Å². The first-order valence-electron chi connectivity index (χ1n) is 8.10. The fourth-order valence-electron chi connectivity index (χ4n) is 3.46. The minimum Gasteiger partial charge on any atom is -0.444 e. The summed E-state index contributed by atoms with van der Waals surface area (Å²) < 4.78 is 34.1. The molecule has 1 spiro atoms. The van der Waals surface area contributed by atoms with Crippen molar-refractivity contribution < 1.29 is 22.7 Å². The second kappa shape index (κ2) is 6.57. The van der Waals surface area contributed by atoms with E-state index in [2.05, 4.69) is 0 Å². The van der Waals surface area contributed by atoms with E-state index in [-0.39, 0.29) is 17.8 Å². The molecule has 0 saturated carbocycles. The Morgan fingerprint density at radius 1 is 1.43 bits per heavy atom. The van der Waals surface area contributed by atoms with Crippen LogP contribution in [-0.2, 0) is 19.5 Å². The van der Waals surface area contributed by atoms with Gasteiger partial charge in [-0.15, -0.1) is 0 Å². The molecule has 2 N–H and O–H groups in total. The molecule has 2 aliphatic heterocycles. The lowest BCUT2D eigenvalue weighted by Gasteiger charge is -2.46. The van der Waals surface area contributed by atoms with Crippen molar-refractivity contribution in [2.24, 2.45) is 11.1 Å². The van der Waals surface area contributed by atoms with Crippen LogP contribution in [0.4, 0.5) is 4.79 Å². The Morgan fingerprint density at radius 2 is 2.13 bits per heavy atom. The Balaban J connectivity index is 2.02. The summed E-state index contributed by atoms with van der Waals surface area (Å²) in [5.41, 5.74) is -1.01. The summed E-state index contributed by atoms with van der Waals surface area (Å²) in [4.78, 5) is 14.0. The lowest BCUT2D eigenvalue weighted by atomic mass is 9.81. The number of primary sulfonamides is 1. The van der Waals surface area contributed by atoms with Crippen LogP contribution in [-0.4, -0.2) is 56.1 Å². The highest BCUT2D eigenvalue weighted by Gasteiger charge is 2.43. The molecular weight excluding hydrogens is 320 g/mol. The number of likely N-dealkylation sites (tertiary alicyclic amines) is 1. The van der Waals surface area contributed by atoms with E-state index in [4.69, 9.17) is 14.6 Å². The van der Waals surface area contributed by atoms with Gasteiger partial charge in [-0.2, -0.15) is 0 Å². The smallest absolute Gasteiger partial charge is 0.410 e. The summed E-state index contributed by atoms with van der Waals surface area (Å²) in [5, 5.41) is 5.18. The van der Waals surface area contributed by atoms with Crippen molar-refractivity contribution in [3.8, 4) is 0 Å². The number of rotatable bonds is 2. The van der Waals surface area contributed by atoms with Crippen molar-refractivity contribution >= 4 is 16.1 Å². The van der Waals surface area contributed by atoms with Crippen LogP contribution in [0.15, 0.2) is 0 Å². The molecule has 2 fully saturated rings. The molecule has 2 rings (SSSR count). The third-order valence-corrected chi connectivity index (χ3v) is 5.19. The number of ether oxygens (including phenoxy) is 2. The number of piperidine rings is 1. The average molecular weight is 348 g/mol. The number of carbonyl (C=O) groups is 1. The first kappa shape index (κ1) is 18.5. The molecule has 7 nitrogen and oxygen atoms in total. The molecule has 8 heteroatoms. The fourth-order valence-corrected chi connectivity index (χ4v) is 4.41. The molecule has 134 valence electrons. The lowest BCUT2D eigenvalue weighted by molar-refractivity contribution is -0.128. The Labute approximate surface area is 138 Å². The van der Waals surface area contributed by atoms with Gasteiger partial charge in [0.2, 0.25) is 10.0 Å². The SMILES string of the molecule is CC(C)(C)OC(=O)N1CCCC2(CC(CS(N)(=O)=O)CCO2)C1. The van der Waals surface area contributed by atoms with E-state index < -0.39 is 21.2 Å². The molecule has 2 heterocycles. The molecule has 1 amide bonds. The molecule has 0 aromatic heterocycles. The highest BCUT2D eigenvalue weighted by molar-refractivity contribution is 7.89. The van der Waals surface area contributed by atoms with E-state index in [1.54, 1.807) is 4.90 Å². The van der Waals surface area contributed by atoms with Gasteiger partial charge in [-0.05, 0) is 52.4 Å². The summed E-state index contributed by atoms with van der Waals surface area (Å²) in [7, 11) is -3.49. The van der Waals surface area contributed by atoms with Gasteiger partial charge in [-0.25, -0.2) is 18.4 Å². The number of nitrogens with zero attached hydrogens (tertiary/aromatic N) is 1. The van der Waals surface area contributed by atoms with Crippen LogP contribution in [0, 0.1) is 5.92 Å². The van der Waals surface area contributed by atoms with Gasteiger partial charge >= 0.3 is 6.09 Å². The molecule has 0 aliphatic carbocycles. The van der Waals surface area contributed by atoms with Crippen molar-refractivity contribution in [2.45, 2.75) is 57.7 Å². The van der Waals surface area contributed by atoms with Crippen LogP contribution in [0.2, 0.25) is 0 Å². The van der Waals surface area contributed by atoms with Gasteiger partial charge in [0.1, 0.15) is 5.60 Å². The van der Waals surface area contributed by atoms with Crippen molar-refractivity contribution in [1.82, 2.24) is 4.90 Å². The Morgan fingerprint density at radius 3 is 2.74 bits per heavy atom. The Bertz CT molecular complexity index is 539. The Kier molecular flexibility index (Phi) is 5.27. The van der Waals surface area contributed by atoms with Gasteiger partial charge in [-0.3, -0.25) is 0 Å². The van der Waals surface area contributed by atoms with Gasteiger partial charge in [-0.1, -0.05) is 0 Å². The number of amides is 1. The van der Waals surface area contributed by atoms with Crippen molar-refractivity contribution in [3.63, 3.8) is 0 Å². The minimum atomic E-state index is -3.49. The van der Waals surface area contributed by atoms with Gasteiger partial charge in [0.05, 0.1) is 17.9 Å². The van der Waals surface area contributed by atoms with Crippen LogP contribution < -0.4 is 5.14 Å². The van der Waals surface area contributed by atoms with Gasteiger partial charge in [0, 0.05) is 13.2 Å². The molecule has 23 heavy (non-hydrogen) atoms. The van der Waals surface area contributed by atoms with E-state index in [9.17, 15) is 13.2 Å². The Hall–Kier alpha value is -0.860. The predicted octanol–water partition coefficient (Wildman–Crippen LogP) is 1.47. The van der Waals surface area contributed by atoms with Crippen molar-refractivity contribution in [1.29, 1.82) is 0 Å². The number of hydrogen-bond donors (Lipinski definition) is 1. The van der Waals surface area contributed by atoms with Crippen LogP contribution >= 0.6 is 0 Å². The van der Waals surface area contributed by atoms with Gasteiger partial charge in [0.15, 0.2) is 0 Å². The third kappa shape index (κ3) is 5.61. The maximum atomic E-state index is 12.3. The lowest BCUT2D eigenvalue weighted by Crippen LogP contribution is -2.55. The maximum Gasteiger partial charge on any atom is 0.410 e. The zero-order valence-electron chi connectivity index (χ0n) is 14.2. The number of carbonyl (C=O) groups excluding carboxylic acids is 1. The summed E-state index contributed by atoms with van der Waals surface area (Å²) in [6.45, 7) is 7.10. The highest BCUT2D eigenvalue weighted by atomic mass is 32.2. The number of sulfonamides is 1. The molecule has 0 radical (unpaired) electrons. The molecule has 2 saturated heterocycles. The van der Waals surface area contributed by atoms with Crippen LogP contribution in [0.3, 0.4) is 0 Å². The van der Waals surface area contributed by atoms with E-state index in [0.717, 1.165) is 12.8 Å². The minimum absolute atomic E-state index is 0.0164. The molecule has 0 aromatic carbocycles. The second-order valence-electron chi connectivity index (χ2n) is 7.73. The van der Waals surface area contributed by atoms with E-state index in [1.165, 1.54) is 0 Å². The topological polar surface area (TPSA) is 98.9 Å². The van der Waals surface area contributed by atoms with Gasteiger partial charge in [0.25, 0.3) is 0 Å².